The molecule has 7 nitrogen and oxygen atoms in total. The molecule has 0 aliphatic carbocycles. The van der Waals surface area contributed by atoms with Crippen molar-refractivity contribution in [2.45, 2.75) is 18.9 Å². The van der Waals surface area contributed by atoms with Crippen LogP contribution < -0.4 is 15.0 Å². The first-order valence-electron chi connectivity index (χ1n) is 9.63. The standard InChI is InChI=1S/C20H26N4O3/c1-22-15-13-24(12-11-23-9-5-6-10-23)19(25)17(15)18(21-20(22)26)14-7-3-4-8-16(14)27-2/h3-4,7-8,18H,5-6,9-13H2,1-2H3,(H,21,26)/p+1/t18-/m0/s1. The number of rotatable bonds is 5. The number of methoxy groups -OCH3 is 1. The Labute approximate surface area is 159 Å². The lowest BCUT2D eigenvalue weighted by Gasteiger charge is -2.31. The van der Waals surface area contributed by atoms with E-state index in [0.717, 1.165) is 24.4 Å². The van der Waals surface area contributed by atoms with E-state index in [9.17, 15) is 9.59 Å². The fraction of sp³-hybridized carbons (Fsp3) is 0.500. The maximum absolute atomic E-state index is 13.2. The smallest absolute Gasteiger partial charge is 0.322 e. The number of hydrogen-bond acceptors (Lipinski definition) is 3. The Morgan fingerprint density at radius 1 is 1.22 bits per heavy atom. The molecule has 144 valence electrons. The first-order valence-corrected chi connectivity index (χ1v) is 9.63. The SMILES string of the molecule is COc1ccccc1[C@@H]1NC(=O)N(C)C2=C1C(=O)N(CC[NH+]1CCCC1)C2. The molecule has 4 rings (SSSR count). The summed E-state index contributed by atoms with van der Waals surface area (Å²) in [5.41, 5.74) is 2.28. The lowest BCUT2D eigenvalue weighted by Crippen LogP contribution is -3.10. The summed E-state index contributed by atoms with van der Waals surface area (Å²) in [5, 5.41) is 2.97. The van der Waals surface area contributed by atoms with Crippen LogP contribution in [0, 0.1) is 0 Å². The number of amides is 3. The first-order chi connectivity index (χ1) is 13.1. The Morgan fingerprint density at radius 2 is 1.96 bits per heavy atom. The van der Waals surface area contributed by atoms with E-state index in [0.29, 0.717) is 17.9 Å². The van der Waals surface area contributed by atoms with Crippen molar-refractivity contribution in [3.8, 4) is 5.75 Å². The molecule has 1 fully saturated rings. The number of likely N-dealkylation sites (N-methyl/N-ethyl adjacent to an activating group) is 1. The van der Waals surface area contributed by atoms with Crippen LogP contribution in [0.3, 0.4) is 0 Å². The minimum atomic E-state index is -0.475. The van der Waals surface area contributed by atoms with E-state index in [1.165, 1.54) is 25.9 Å². The van der Waals surface area contributed by atoms with Crippen LogP contribution in [-0.4, -0.2) is 68.6 Å². The predicted molar refractivity (Wildman–Crippen MR) is 100 cm³/mol. The van der Waals surface area contributed by atoms with Crippen molar-refractivity contribution in [2.24, 2.45) is 0 Å². The summed E-state index contributed by atoms with van der Waals surface area (Å²) in [7, 11) is 3.33. The predicted octanol–water partition coefficient (Wildman–Crippen LogP) is 0.166. The lowest BCUT2D eigenvalue weighted by molar-refractivity contribution is -0.886. The summed E-state index contributed by atoms with van der Waals surface area (Å²) in [6.45, 7) is 4.58. The molecule has 3 aliphatic heterocycles. The van der Waals surface area contributed by atoms with E-state index in [2.05, 4.69) is 5.32 Å². The number of carbonyl (C=O) groups excluding carboxylic acids is 2. The maximum atomic E-state index is 13.2. The molecule has 7 heteroatoms. The Kier molecular flexibility index (Phi) is 4.78. The maximum Gasteiger partial charge on any atom is 0.322 e. The van der Waals surface area contributed by atoms with Crippen LogP contribution in [0.15, 0.2) is 35.5 Å². The van der Waals surface area contributed by atoms with Crippen molar-refractivity contribution in [1.82, 2.24) is 15.1 Å². The zero-order valence-electron chi connectivity index (χ0n) is 16.0. The lowest BCUT2D eigenvalue weighted by atomic mass is 9.95. The number of para-hydroxylation sites is 1. The molecule has 0 aromatic heterocycles. The molecule has 3 heterocycles. The average molecular weight is 371 g/mol. The normalized spacial score (nSPS) is 23.1. The molecule has 1 atom stereocenters. The summed E-state index contributed by atoms with van der Waals surface area (Å²) in [5.74, 6) is 0.693. The number of urea groups is 1. The zero-order chi connectivity index (χ0) is 19.0. The second-order valence-electron chi connectivity index (χ2n) is 7.48. The van der Waals surface area contributed by atoms with Crippen molar-refractivity contribution in [3.05, 3.63) is 41.1 Å². The van der Waals surface area contributed by atoms with Gasteiger partial charge in [-0.15, -0.1) is 0 Å². The van der Waals surface area contributed by atoms with Crippen LogP contribution in [-0.2, 0) is 4.79 Å². The van der Waals surface area contributed by atoms with Crippen LogP contribution in [0.4, 0.5) is 4.79 Å². The summed E-state index contributed by atoms with van der Waals surface area (Å²) in [6, 6.07) is 6.88. The summed E-state index contributed by atoms with van der Waals surface area (Å²) >= 11 is 0. The van der Waals surface area contributed by atoms with Gasteiger partial charge in [0.2, 0.25) is 0 Å². The molecule has 0 radical (unpaired) electrons. The topological polar surface area (TPSA) is 66.3 Å². The fourth-order valence-corrected chi connectivity index (χ4v) is 4.36. The van der Waals surface area contributed by atoms with Gasteiger partial charge in [0.1, 0.15) is 5.75 Å². The number of likely N-dealkylation sites (tertiary alicyclic amines) is 1. The molecular weight excluding hydrogens is 344 g/mol. The Hall–Kier alpha value is -2.54. The highest BCUT2D eigenvalue weighted by Gasteiger charge is 2.43. The largest absolute Gasteiger partial charge is 0.496 e. The van der Waals surface area contributed by atoms with Crippen LogP contribution in [0.25, 0.3) is 0 Å². The molecule has 3 amide bonds. The zero-order valence-corrected chi connectivity index (χ0v) is 16.0. The van der Waals surface area contributed by atoms with Crippen LogP contribution in [0.2, 0.25) is 0 Å². The third kappa shape index (κ3) is 3.16. The summed E-state index contributed by atoms with van der Waals surface area (Å²) < 4.78 is 5.47. The van der Waals surface area contributed by atoms with E-state index in [4.69, 9.17) is 4.74 Å². The molecule has 0 bridgehead atoms. The van der Waals surface area contributed by atoms with E-state index in [-0.39, 0.29) is 11.9 Å². The van der Waals surface area contributed by atoms with Crippen molar-refractivity contribution >= 4 is 11.9 Å². The average Bonchev–Trinajstić information content (AvgIpc) is 3.31. The minimum Gasteiger partial charge on any atom is -0.496 e. The van der Waals surface area contributed by atoms with Crippen molar-refractivity contribution in [3.63, 3.8) is 0 Å². The monoisotopic (exact) mass is 371 g/mol. The number of nitrogens with one attached hydrogen (secondary N) is 2. The molecule has 2 N–H and O–H groups in total. The second kappa shape index (κ2) is 7.23. The van der Waals surface area contributed by atoms with E-state index in [1.54, 1.807) is 24.0 Å². The van der Waals surface area contributed by atoms with E-state index < -0.39 is 6.04 Å². The third-order valence-corrected chi connectivity index (χ3v) is 5.93. The molecule has 1 aromatic rings. The van der Waals surface area contributed by atoms with Crippen LogP contribution in [0.5, 0.6) is 5.75 Å². The highest BCUT2D eigenvalue weighted by Crippen LogP contribution is 2.38. The minimum absolute atomic E-state index is 0.0198. The quantitative estimate of drug-likeness (QED) is 0.775. The molecule has 1 aromatic carbocycles. The Bertz CT molecular complexity index is 785. The van der Waals surface area contributed by atoms with Crippen molar-refractivity contribution in [1.29, 1.82) is 0 Å². The second-order valence-corrected chi connectivity index (χ2v) is 7.48. The highest BCUT2D eigenvalue weighted by molar-refractivity contribution is 6.01. The number of carbonyl (C=O) groups is 2. The van der Waals surface area contributed by atoms with Gasteiger partial charge in [-0.3, -0.25) is 9.69 Å². The van der Waals surface area contributed by atoms with Gasteiger partial charge in [-0.05, 0) is 6.07 Å². The molecule has 1 saturated heterocycles. The summed E-state index contributed by atoms with van der Waals surface area (Å²) in [4.78, 5) is 30.7. The van der Waals surface area contributed by atoms with Crippen LogP contribution in [0.1, 0.15) is 24.4 Å². The Morgan fingerprint density at radius 3 is 2.70 bits per heavy atom. The van der Waals surface area contributed by atoms with Gasteiger partial charge in [0, 0.05) is 25.5 Å². The Balaban J connectivity index is 1.60. The van der Waals surface area contributed by atoms with E-state index in [1.807, 2.05) is 29.2 Å². The molecule has 27 heavy (non-hydrogen) atoms. The molecule has 0 spiro atoms. The third-order valence-electron chi connectivity index (χ3n) is 5.93. The molecule has 0 saturated carbocycles. The van der Waals surface area contributed by atoms with Crippen LogP contribution >= 0.6 is 0 Å². The molecule has 0 unspecified atom stereocenters. The van der Waals surface area contributed by atoms with Gasteiger partial charge in [0.15, 0.2) is 0 Å². The van der Waals surface area contributed by atoms with Crippen molar-refractivity contribution in [2.75, 3.05) is 46.9 Å². The molecule has 3 aliphatic rings. The first kappa shape index (κ1) is 17.9. The van der Waals surface area contributed by atoms with E-state index >= 15 is 0 Å². The van der Waals surface area contributed by atoms with Gasteiger partial charge in [0.05, 0.1) is 57.1 Å². The highest BCUT2D eigenvalue weighted by atomic mass is 16.5. The van der Waals surface area contributed by atoms with Gasteiger partial charge in [-0.2, -0.15) is 0 Å². The van der Waals surface area contributed by atoms with Gasteiger partial charge in [-0.25, -0.2) is 4.79 Å². The van der Waals surface area contributed by atoms with Gasteiger partial charge in [0.25, 0.3) is 5.91 Å². The van der Waals surface area contributed by atoms with Crippen molar-refractivity contribution < 1.29 is 19.2 Å². The van der Waals surface area contributed by atoms with Gasteiger partial charge < -0.3 is 19.9 Å². The van der Waals surface area contributed by atoms with Gasteiger partial charge in [-0.1, -0.05) is 18.2 Å². The number of nitrogens with zero attached hydrogens (tertiary/aromatic N) is 2. The number of hydrogen-bond donors (Lipinski definition) is 2. The van der Waals surface area contributed by atoms with Gasteiger partial charge >= 0.3 is 6.03 Å². The molecular formula is C20H27N4O3+. The fourth-order valence-electron chi connectivity index (χ4n) is 4.36. The number of ether oxygens (including phenoxy) is 1. The number of quaternary nitrogens is 1. The summed E-state index contributed by atoms with van der Waals surface area (Å²) in [6.07, 6.45) is 2.55. The number of benzene rings is 1.